The summed E-state index contributed by atoms with van der Waals surface area (Å²) >= 11 is 0. The first kappa shape index (κ1) is 10.2. The Bertz CT molecular complexity index is 497. The number of hydrogen-bond donors (Lipinski definition) is 1. The van der Waals surface area contributed by atoms with Crippen LogP contribution < -0.4 is 5.32 Å². The summed E-state index contributed by atoms with van der Waals surface area (Å²) in [7, 11) is 0. The minimum Gasteiger partial charge on any atom is -0.369 e. The van der Waals surface area contributed by atoms with E-state index in [4.69, 9.17) is 0 Å². The fraction of sp³-hybridized carbons (Fsp3) is 0.455. The smallest absolute Gasteiger partial charge is 0.213 e. The van der Waals surface area contributed by atoms with E-state index in [1.165, 1.54) is 24.1 Å². The minimum absolute atomic E-state index is 0.711. The van der Waals surface area contributed by atoms with Gasteiger partial charge in [0.05, 0.1) is 0 Å². The van der Waals surface area contributed by atoms with Gasteiger partial charge in [0.15, 0.2) is 5.82 Å². The van der Waals surface area contributed by atoms with Crippen molar-refractivity contribution in [1.29, 1.82) is 0 Å². The molecule has 6 heteroatoms. The Morgan fingerprint density at radius 1 is 1.24 bits per heavy atom. The molecule has 1 N–H and O–H groups in total. The van der Waals surface area contributed by atoms with Gasteiger partial charge in [-0.25, -0.2) is 9.97 Å². The van der Waals surface area contributed by atoms with Crippen LogP contribution in [0.2, 0.25) is 0 Å². The number of fused-ring (bicyclic) bond motifs is 1. The Morgan fingerprint density at radius 3 is 3.12 bits per heavy atom. The molecule has 17 heavy (non-hydrogen) atoms. The normalized spacial score (nSPS) is 13.6. The van der Waals surface area contributed by atoms with Gasteiger partial charge in [0.1, 0.15) is 12.1 Å². The Kier molecular flexibility index (Phi) is 2.69. The first-order chi connectivity index (χ1) is 8.43. The highest BCUT2D eigenvalue weighted by Gasteiger charge is 2.16. The molecule has 0 unspecified atom stereocenters. The molecule has 0 radical (unpaired) electrons. The van der Waals surface area contributed by atoms with Crippen LogP contribution in [0.15, 0.2) is 17.2 Å². The van der Waals surface area contributed by atoms with E-state index < -0.39 is 0 Å². The van der Waals surface area contributed by atoms with Crippen molar-refractivity contribution < 1.29 is 4.52 Å². The van der Waals surface area contributed by atoms with Gasteiger partial charge >= 0.3 is 0 Å². The highest BCUT2D eigenvalue weighted by Crippen LogP contribution is 2.24. The molecule has 1 aliphatic carbocycles. The molecule has 0 atom stereocenters. The molecule has 0 aliphatic heterocycles. The largest absolute Gasteiger partial charge is 0.369 e. The summed E-state index contributed by atoms with van der Waals surface area (Å²) in [5.41, 5.74) is 2.45. The molecule has 0 saturated heterocycles. The second-order valence-corrected chi connectivity index (χ2v) is 4.03. The Morgan fingerprint density at radius 2 is 2.24 bits per heavy atom. The molecule has 0 fully saturated rings. The molecule has 3 rings (SSSR count). The van der Waals surface area contributed by atoms with Gasteiger partial charge in [-0.05, 0) is 19.3 Å². The second-order valence-electron chi connectivity index (χ2n) is 4.03. The van der Waals surface area contributed by atoms with Gasteiger partial charge in [0.25, 0.3) is 0 Å². The summed E-state index contributed by atoms with van der Waals surface area (Å²) in [6.45, 7) is 0.753. The SMILES string of the molecule is c1nc2c(c(NCCc3ncon3)n1)CCC2. The number of aromatic nitrogens is 4. The minimum atomic E-state index is 0.711. The van der Waals surface area contributed by atoms with Crippen LogP contribution in [0.4, 0.5) is 5.82 Å². The summed E-state index contributed by atoms with van der Waals surface area (Å²) in [5, 5.41) is 7.07. The molecule has 6 nitrogen and oxygen atoms in total. The van der Waals surface area contributed by atoms with E-state index in [0.29, 0.717) is 5.82 Å². The van der Waals surface area contributed by atoms with E-state index in [0.717, 1.165) is 31.6 Å². The fourth-order valence-corrected chi connectivity index (χ4v) is 2.11. The molecular formula is C11H13N5O. The van der Waals surface area contributed by atoms with Crippen LogP contribution >= 0.6 is 0 Å². The first-order valence-corrected chi connectivity index (χ1v) is 5.75. The van der Waals surface area contributed by atoms with Crippen molar-refractivity contribution in [3.05, 3.63) is 29.8 Å². The predicted octanol–water partition coefficient (Wildman–Crippen LogP) is 1.00. The molecule has 0 spiro atoms. The number of aryl methyl sites for hydroxylation is 1. The summed E-state index contributed by atoms with van der Waals surface area (Å²) in [6.07, 6.45) is 7.01. The maximum absolute atomic E-state index is 4.68. The van der Waals surface area contributed by atoms with Crippen LogP contribution in [-0.4, -0.2) is 26.7 Å². The average molecular weight is 231 g/mol. The molecule has 0 saturated carbocycles. The number of nitrogens with one attached hydrogen (secondary N) is 1. The lowest BCUT2D eigenvalue weighted by molar-refractivity contribution is 0.410. The van der Waals surface area contributed by atoms with E-state index in [9.17, 15) is 0 Å². The van der Waals surface area contributed by atoms with E-state index in [1.54, 1.807) is 6.33 Å². The van der Waals surface area contributed by atoms with Gasteiger partial charge in [-0.1, -0.05) is 5.16 Å². The van der Waals surface area contributed by atoms with E-state index in [1.807, 2.05) is 0 Å². The van der Waals surface area contributed by atoms with Gasteiger partial charge in [-0.2, -0.15) is 4.98 Å². The van der Waals surface area contributed by atoms with Crippen molar-refractivity contribution in [2.45, 2.75) is 25.7 Å². The van der Waals surface area contributed by atoms with Crippen LogP contribution in [0.5, 0.6) is 0 Å². The molecule has 2 aromatic rings. The van der Waals surface area contributed by atoms with Crippen molar-refractivity contribution in [3.8, 4) is 0 Å². The number of nitrogens with zero attached hydrogens (tertiary/aromatic N) is 4. The van der Waals surface area contributed by atoms with Gasteiger partial charge in [-0.3, -0.25) is 0 Å². The maximum atomic E-state index is 4.68. The monoisotopic (exact) mass is 231 g/mol. The van der Waals surface area contributed by atoms with Crippen LogP contribution in [0, 0.1) is 0 Å². The predicted molar refractivity (Wildman–Crippen MR) is 60.5 cm³/mol. The third kappa shape index (κ3) is 2.11. The number of rotatable bonds is 4. The van der Waals surface area contributed by atoms with Crippen molar-refractivity contribution in [2.24, 2.45) is 0 Å². The topological polar surface area (TPSA) is 76.7 Å². The summed E-state index contributed by atoms with van der Waals surface area (Å²) in [5.74, 6) is 1.67. The Hall–Kier alpha value is -1.98. The summed E-state index contributed by atoms with van der Waals surface area (Å²) < 4.78 is 4.68. The van der Waals surface area contributed by atoms with Gasteiger partial charge < -0.3 is 9.84 Å². The molecule has 88 valence electrons. The van der Waals surface area contributed by atoms with E-state index >= 15 is 0 Å². The number of anilines is 1. The van der Waals surface area contributed by atoms with Crippen LogP contribution in [0.25, 0.3) is 0 Å². The zero-order valence-corrected chi connectivity index (χ0v) is 9.39. The summed E-state index contributed by atoms with van der Waals surface area (Å²) in [4.78, 5) is 12.5. The fourth-order valence-electron chi connectivity index (χ4n) is 2.11. The van der Waals surface area contributed by atoms with Crippen molar-refractivity contribution >= 4 is 5.82 Å². The number of hydrogen-bond acceptors (Lipinski definition) is 6. The molecule has 0 aromatic carbocycles. The Labute approximate surface area is 98.5 Å². The molecule has 2 aromatic heterocycles. The van der Waals surface area contributed by atoms with Crippen molar-refractivity contribution in [1.82, 2.24) is 20.1 Å². The highest BCUT2D eigenvalue weighted by molar-refractivity contribution is 5.47. The van der Waals surface area contributed by atoms with Gasteiger partial charge in [-0.15, -0.1) is 0 Å². The van der Waals surface area contributed by atoms with Crippen LogP contribution in [0.1, 0.15) is 23.5 Å². The van der Waals surface area contributed by atoms with Crippen molar-refractivity contribution in [2.75, 3.05) is 11.9 Å². The van der Waals surface area contributed by atoms with Crippen LogP contribution in [0.3, 0.4) is 0 Å². The third-order valence-corrected chi connectivity index (χ3v) is 2.92. The molecule has 2 heterocycles. The lowest BCUT2D eigenvalue weighted by Crippen LogP contribution is -2.09. The lowest BCUT2D eigenvalue weighted by Gasteiger charge is -2.08. The maximum Gasteiger partial charge on any atom is 0.213 e. The quantitative estimate of drug-likeness (QED) is 0.846. The van der Waals surface area contributed by atoms with Crippen molar-refractivity contribution in [3.63, 3.8) is 0 Å². The molecule has 0 bridgehead atoms. The standard InChI is InChI=1S/C11H13N5O/c1-2-8-9(3-1)13-6-14-11(8)12-5-4-10-15-7-17-16-10/h6-7H,1-5H2,(H,12,13,14). The molecular weight excluding hydrogens is 218 g/mol. The highest BCUT2D eigenvalue weighted by atomic mass is 16.5. The van der Waals surface area contributed by atoms with Gasteiger partial charge in [0.2, 0.25) is 6.39 Å². The van der Waals surface area contributed by atoms with E-state index in [2.05, 4.69) is 29.9 Å². The first-order valence-electron chi connectivity index (χ1n) is 5.75. The average Bonchev–Trinajstić information content (AvgIpc) is 2.99. The second kappa shape index (κ2) is 4.48. The molecule has 0 amide bonds. The van der Waals surface area contributed by atoms with E-state index in [-0.39, 0.29) is 0 Å². The zero-order valence-electron chi connectivity index (χ0n) is 9.39. The summed E-state index contributed by atoms with van der Waals surface area (Å²) in [6, 6.07) is 0. The van der Waals surface area contributed by atoms with Crippen LogP contribution in [-0.2, 0) is 19.3 Å². The molecule has 1 aliphatic rings. The third-order valence-electron chi connectivity index (χ3n) is 2.92. The lowest BCUT2D eigenvalue weighted by atomic mass is 10.2. The zero-order chi connectivity index (χ0) is 11.5. The Balaban J connectivity index is 1.64. The van der Waals surface area contributed by atoms with Gasteiger partial charge in [0, 0.05) is 24.2 Å².